The van der Waals surface area contributed by atoms with E-state index in [0.29, 0.717) is 12.3 Å². The van der Waals surface area contributed by atoms with Gasteiger partial charge in [-0.05, 0) is 50.3 Å². The van der Waals surface area contributed by atoms with Gasteiger partial charge < -0.3 is 11.5 Å². The number of hydrogen-bond donors (Lipinski definition) is 2. The summed E-state index contributed by atoms with van der Waals surface area (Å²) in [7, 11) is 0. The predicted molar refractivity (Wildman–Crippen MR) is 173 cm³/mol. The first-order valence-electron chi connectivity index (χ1n) is 14.8. The number of primary amides is 1. The second-order valence-corrected chi connectivity index (χ2v) is 7.81. The van der Waals surface area contributed by atoms with Gasteiger partial charge in [-0.25, -0.2) is 0 Å². The Morgan fingerprint density at radius 1 is 0.757 bits per heavy atom. The second kappa shape index (κ2) is 31.9. The summed E-state index contributed by atoms with van der Waals surface area (Å²) in [5, 5.41) is 0. The minimum atomic E-state index is -0.236. The number of nitrogens with two attached hydrogens (primary N) is 2. The monoisotopic (exact) mass is 519 g/mol. The lowest BCUT2D eigenvalue weighted by atomic mass is 9.77. The van der Waals surface area contributed by atoms with Crippen LogP contribution in [0.4, 0.5) is 0 Å². The molecule has 2 aromatic carbocycles. The first-order chi connectivity index (χ1) is 17.7. The normalized spacial score (nSPS) is 10.9. The number of carbonyl (C=O) groups is 1. The lowest BCUT2D eigenvalue weighted by Gasteiger charge is -2.27. The summed E-state index contributed by atoms with van der Waals surface area (Å²) in [6, 6.07) is 17.0. The van der Waals surface area contributed by atoms with Crippen molar-refractivity contribution in [1.29, 1.82) is 0 Å². The van der Waals surface area contributed by atoms with Crippen LogP contribution in [0.25, 0.3) is 0 Å². The molecular weight excluding hydrogens is 452 g/mol. The zero-order chi connectivity index (χ0) is 30.4. The molecule has 218 valence electrons. The Bertz CT molecular complexity index is 693. The smallest absolute Gasteiger partial charge is 0.218 e. The highest BCUT2D eigenvalue weighted by Crippen LogP contribution is 2.31. The highest BCUT2D eigenvalue weighted by Gasteiger charge is 2.26. The van der Waals surface area contributed by atoms with Gasteiger partial charge in [0.25, 0.3) is 0 Å². The van der Waals surface area contributed by atoms with Crippen molar-refractivity contribution in [2.24, 2.45) is 11.5 Å². The van der Waals surface area contributed by atoms with Gasteiger partial charge in [-0.1, -0.05) is 150 Å². The fourth-order valence-corrected chi connectivity index (χ4v) is 3.08. The Labute approximate surface area is 233 Å². The molecule has 37 heavy (non-hydrogen) atoms. The minimum Gasteiger partial charge on any atom is -0.370 e. The summed E-state index contributed by atoms with van der Waals surface area (Å²) >= 11 is 0. The molecule has 0 aliphatic carbocycles. The van der Waals surface area contributed by atoms with E-state index in [1.807, 2.05) is 69.2 Å². The third-order valence-electron chi connectivity index (χ3n) is 5.34. The molecule has 0 aromatic heterocycles. The number of carbonyl (C=O) groups excluding carboxylic acids is 1. The summed E-state index contributed by atoms with van der Waals surface area (Å²) < 4.78 is 0. The van der Waals surface area contributed by atoms with Crippen LogP contribution in [0, 0.1) is 13.8 Å². The number of rotatable bonds is 7. The molecule has 4 N–H and O–H groups in total. The van der Waals surface area contributed by atoms with E-state index in [-0.39, 0.29) is 11.3 Å². The fraction of sp³-hybridized carbons (Fsp3) is 0.618. The summed E-state index contributed by atoms with van der Waals surface area (Å²) in [6.45, 7) is 31.3. The van der Waals surface area contributed by atoms with Crippen molar-refractivity contribution in [1.82, 2.24) is 0 Å². The Hall–Kier alpha value is -2.13. The molecule has 0 saturated carbocycles. The largest absolute Gasteiger partial charge is 0.370 e. The van der Waals surface area contributed by atoms with Crippen molar-refractivity contribution in [3.8, 4) is 0 Å². The standard InChI is InChI=1S/C13H19NO.C11H17N.5C2H6/c1-4-13(3,9-12(14)15)11-7-5-10(2)6-8-11;1-9-3-5-11(6-4-9)10(2)7-8-12;5*1-2/h5-8H,4,9H2,1-3H3,(H2,14,15);3-6,10H,7-8,12H2,1-2H3;5*1-2H3. The van der Waals surface area contributed by atoms with Crippen LogP contribution in [0.15, 0.2) is 48.5 Å². The van der Waals surface area contributed by atoms with Gasteiger partial charge >= 0.3 is 0 Å². The van der Waals surface area contributed by atoms with Gasteiger partial charge in [-0.15, -0.1) is 0 Å². The topological polar surface area (TPSA) is 69.1 Å². The van der Waals surface area contributed by atoms with Crippen LogP contribution in [0.2, 0.25) is 0 Å². The van der Waals surface area contributed by atoms with Crippen molar-refractivity contribution in [2.45, 2.75) is 134 Å². The van der Waals surface area contributed by atoms with E-state index >= 15 is 0 Å². The average molecular weight is 519 g/mol. The van der Waals surface area contributed by atoms with Gasteiger partial charge in [0.15, 0.2) is 0 Å². The SMILES string of the molecule is CC.CC.CC.CC.CC.CCC(C)(CC(N)=O)c1ccc(C)cc1.Cc1ccc(C(C)CCN)cc1. The Morgan fingerprint density at radius 3 is 1.41 bits per heavy atom. The summed E-state index contributed by atoms with van der Waals surface area (Å²) in [6.07, 6.45) is 2.40. The Kier molecular flexibility index (Phi) is 38.7. The molecule has 3 nitrogen and oxygen atoms in total. The average Bonchev–Trinajstić information content (AvgIpc) is 2.95. The van der Waals surface area contributed by atoms with Crippen LogP contribution in [0.1, 0.15) is 137 Å². The van der Waals surface area contributed by atoms with Gasteiger partial charge in [-0.3, -0.25) is 4.79 Å². The molecule has 1 amide bonds. The van der Waals surface area contributed by atoms with E-state index in [1.54, 1.807) is 0 Å². The van der Waals surface area contributed by atoms with Gasteiger partial charge in [0.05, 0.1) is 0 Å². The third-order valence-corrected chi connectivity index (χ3v) is 5.34. The zero-order valence-electron chi connectivity index (χ0n) is 27.6. The maximum absolute atomic E-state index is 11.0. The number of hydrogen-bond acceptors (Lipinski definition) is 2. The van der Waals surface area contributed by atoms with Crippen LogP contribution in [-0.2, 0) is 10.2 Å². The van der Waals surface area contributed by atoms with E-state index < -0.39 is 0 Å². The van der Waals surface area contributed by atoms with E-state index in [9.17, 15) is 4.79 Å². The second-order valence-electron chi connectivity index (χ2n) is 7.81. The van der Waals surface area contributed by atoms with Crippen molar-refractivity contribution < 1.29 is 4.79 Å². The third kappa shape index (κ3) is 22.8. The van der Waals surface area contributed by atoms with E-state index in [1.165, 1.54) is 22.3 Å². The van der Waals surface area contributed by atoms with E-state index in [2.05, 4.69) is 83.1 Å². The first-order valence-corrected chi connectivity index (χ1v) is 14.8. The lowest BCUT2D eigenvalue weighted by Crippen LogP contribution is -2.28. The van der Waals surface area contributed by atoms with E-state index in [0.717, 1.165) is 19.4 Å². The minimum absolute atomic E-state index is 0.125. The molecule has 2 aromatic rings. The van der Waals surface area contributed by atoms with Crippen LogP contribution in [-0.4, -0.2) is 12.5 Å². The molecule has 0 spiro atoms. The molecule has 0 fully saturated rings. The molecule has 0 aliphatic rings. The van der Waals surface area contributed by atoms with Gasteiger partial charge in [-0.2, -0.15) is 0 Å². The summed E-state index contributed by atoms with van der Waals surface area (Å²) in [5.74, 6) is 0.357. The lowest BCUT2D eigenvalue weighted by molar-refractivity contribution is -0.119. The Balaban J connectivity index is -0.000000139. The molecule has 2 rings (SSSR count). The maximum atomic E-state index is 11.0. The molecule has 0 radical (unpaired) electrons. The van der Waals surface area contributed by atoms with E-state index in [4.69, 9.17) is 11.5 Å². The Morgan fingerprint density at radius 2 is 1.11 bits per heavy atom. The number of amides is 1. The highest BCUT2D eigenvalue weighted by molar-refractivity contribution is 5.75. The molecule has 0 aliphatic heterocycles. The van der Waals surface area contributed by atoms with Crippen LogP contribution in [0.5, 0.6) is 0 Å². The van der Waals surface area contributed by atoms with Crippen LogP contribution < -0.4 is 11.5 Å². The van der Waals surface area contributed by atoms with Crippen LogP contribution in [0.3, 0.4) is 0 Å². The maximum Gasteiger partial charge on any atom is 0.218 e. The summed E-state index contributed by atoms with van der Waals surface area (Å²) in [4.78, 5) is 11.0. The van der Waals surface area contributed by atoms with Crippen molar-refractivity contribution >= 4 is 5.91 Å². The molecule has 0 saturated heterocycles. The van der Waals surface area contributed by atoms with Crippen LogP contribution >= 0.6 is 0 Å². The number of benzene rings is 2. The summed E-state index contributed by atoms with van der Waals surface area (Å²) in [5.41, 5.74) is 15.8. The molecule has 0 heterocycles. The number of aryl methyl sites for hydroxylation is 2. The predicted octanol–water partition coefficient (Wildman–Crippen LogP) is 10.1. The molecular formula is C34H66N2O. The highest BCUT2D eigenvalue weighted by atomic mass is 16.1. The fourth-order valence-electron chi connectivity index (χ4n) is 3.08. The first kappa shape index (κ1) is 44.8. The zero-order valence-corrected chi connectivity index (χ0v) is 27.6. The van der Waals surface area contributed by atoms with Crippen molar-refractivity contribution in [3.05, 3.63) is 70.8 Å². The van der Waals surface area contributed by atoms with Gasteiger partial charge in [0.1, 0.15) is 0 Å². The molecule has 2 atom stereocenters. The molecule has 0 bridgehead atoms. The van der Waals surface area contributed by atoms with Gasteiger partial charge in [0.2, 0.25) is 5.91 Å². The quantitative estimate of drug-likeness (QED) is 0.383. The van der Waals surface area contributed by atoms with Gasteiger partial charge in [0, 0.05) is 11.8 Å². The molecule has 3 heteroatoms. The van der Waals surface area contributed by atoms with Crippen molar-refractivity contribution in [3.63, 3.8) is 0 Å². The molecule has 2 unspecified atom stereocenters. The van der Waals surface area contributed by atoms with Crippen molar-refractivity contribution in [2.75, 3.05) is 6.54 Å².